The molecule has 0 N–H and O–H groups in total. The summed E-state index contributed by atoms with van der Waals surface area (Å²) < 4.78 is 0. The highest BCUT2D eigenvalue weighted by molar-refractivity contribution is 5.98. The van der Waals surface area contributed by atoms with Crippen molar-refractivity contribution in [2.24, 2.45) is 0 Å². The zero-order chi connectivity index (χ0) is 10.7. The van der Waals surface area contributed by atoms with E-state index in [9.17, 15) is 9.59 Å². The van der Waals surface area contributed by atoms with E-state index in [2.05, 4.69) is 0 Å². The third-order valence-electron chi connectivity index (χ3n) is 1.97. The van der Waals surface area contributed by atoms with Crippen LogP contribution in [0.4, 0.5) is 0 Å². The van der Waals surface area contributed by atoms with E-state index in [0.717, 1.165) is 0 Å². The molecule has 70 valence electrons. The van der Waals surface area contributed by atoms with E-state index < -0.39 is 0 Å². The summed E-state index contributed by atoms with van der Waals surface area (Å²) in [6, 6.07) is 4.94. The summed E-state index contributed by atoms with van der Waals surface area (Å²) in [7, 11) is 0. The summed E-state index contributed by atoms with van der Waals surface area (Å²) in [5.41, 5.74) is 1.75. The molecule has 0 unspecified atom stereocenters. The van der Waals surface area contributed by atoms with Crippen LogP contribution >= 0.6 is 0 Å². The fourth-order valence-corrected chi connectivity index (χ4v) is 1.44. The predicted molar refractivity (Wildman–Crippen MR) is 51.3 cm³/mol. The molecule has 0 aliphatic heterocycles. The number of nitriles is 1. The SMILES string of the molecule is CC(=O)c1c(C)cc(C=O)cc1C#N. The van der Waals surface area contributed by atoms with Gasteiger partial charge in [0, 0.05) is 11.1 Å². The Hall–Kier alpha value is -1.95. The van der Waals surface area contributed by atoms with Gasteiger partial charge < -0.3 is 0 Å². The summed E-state index contributed by atoms with van der Waals surface area (Å²) in [4.78, 5) is 21.7. The second kappa shape index (κ2) is 3.84. The zero-order valence-electron chi connectivity index (χ0n) is 8.00. The lowest BCUT2D eigenvalue weighted by molar-refractivity contribution is 0.101. The molecule has 0 radical (unpaired) electrons. The van der Waals surface area contributed by atoms with E-state index in [1.54, 1.807) is 13.0 Å². The lowest BCUT2D eigenvalue weighted by Gasteiger charge is -2.04. The molecule has 0 atom stereocenters. The second-order valence-corrected chi connectivity index (χ2v) is 3.05. The third kappa shape index (κ3) is 1.69. The quantitative estimate of drug-likeness (QED) is 0.524. The lowest BCUT2D eigenvalue weighted by Crippen LogP contribution is -2.01. The minimum atomic E-state index is -0.156. The summed E-state index contributed by atoms with van der Waals surface area (Å²) in [5, 5.41) is 8.79. The number of aldehydes is 1. The Morgan fingerprint density at radius 1 is 1.50 bits per heavy atom. The van der Waals surface area contributed by atoms with Crippen LogP contribution in [0.3, 0.4) is 0 Å². The molecular weight excluding hydrogens is 178 g/mol. The van der Waals surface area contributed by atoms with Gasteiger partial charge in [-0.2, -0.15) is 5.26 Å². The summed E-state index contributed by atoms with van der Waals surface area (Å²) in [5.74, 6) is -0.156. The Morgan fingerprint density at radius 3 is 2.57 bits per heavy atom. The number of rotatable bonds is 2. The van der Waals surface area contributed by atoms with Gasteiger partial charge >= 0.3 is 0 Å². The molecule has 1 rings (SSSR count). The van der Waals surface area contributed by atoms with E-state index in [4.69, 9.17) is 5.26 Å². The van der Waals surface area contributed by atoms with Crippen molar-refractivity contribution in [3.05, 3.63) is 34.4 Å². The standard InChI is InChI=1S/C11H9NO2/c1-7-3-9(6-13)4-10(5-12)11(7)8(2)14/h3-4,6H,1-2H3. The van der Waals surface area contributed by atoms with Crippen LogP contribution in [-0.2, 0) is 0 Å². The van der Waals surface area contributed by atoms with Crippen LogP contribution in [0.2, 0.25) is 0 Å². The Bertz CT molecular complexity index is 441. The van der Waals surface area contributed by atoms with Gasteiger partial charge in [-0.1, -0.05) is 0 Å². The third-order valence-corrected chi connectivity index (χ3v) is 1.97. The van der Waals surface area contributed by atoms with Crippen molar-refractivity contribution in [1.82, 2.24) is 0 Å². The molecule has 0 spiro atoms. The van der Waals surface area contributed by atoms with Gasteiger partial charge in [-0.3, -0.25) is 9.59 Å². The van der Waals surface area contributed by atoms with Crippen LogP contribution in [0.15, 0.2) is 12.1 Å². The van der Waals surface area contributed by atoms with Crippen LogP contribution in [0.1, 0.15) is 38.8 Å². The molecule has 0 aromatic heterocycles. The average Bonchev–Trinajstić information content (AvgIpc) is 2.15. The van der Waals surface area contributed by atoms with Gasteiger partial charge in [0.15, 0.2) is 5.78 Å². The number of carbonyl (C=O) groups is 2. The van der Waals surface area contributed by atoms with Gasteiger partial charge in [0.25, 0.3) is 0 Å². The fourth-order valence-electron chi connectivity index (χ4n) is 1.44. The van der Waals surface area contributed by atoms with Gasteiger partial charge in [-0.15, -0.1) is 0 Å². The van der Waals surface area contributed by atoms with Crippen molar-refractivity contribution in [1.29, 1.82) is 5.26 Å². The number of hydrogen-bond donors (Lipinski definition) is 0. The van der Waals surface area contributed by atoms with Crippen molar-refractivity contribution >= 4 is 12.1 Å². The van der Waals surface area contributed by atoms with E-state index in [1.165, 1.54) is 13.0 Å². The lowest BCUT2D eigenvalue weighted by atomic mass is 9.97. The summed E-state index contributed by atoms with van der Waals surface area (Å²) in [6.45, 7) is 3.12. The molecule has 0 heterocycles. The maximum absolute atomic E-state index is 11.2. The number of carbonyl (C=O) groups excluding carboxylic acids is 2. The Morgan fingerprint density at radius 2 is 2.14 bits per heavy atom. The van der Waals surface area contributed by atoms with Crippen molar-refractivity contribution in [2.45, 2.75) is 13.8 Å². The molecule has 3 nitrogen and oxygen atoms in total. The van der Waals surface area contributed by atoms with Crippen molar-refractivity contribution in [3.63, 3.8) is 0 Å². The highest BCUT2D eigenvalue weighted by atomic mass is 16.1. The maximum atomic E-state index is 11.2. The van der Waals surface area contributed by atoms with Crippen LogP contribution in [0, 0.1) is 18.3 Å². The fraction of sp³-hybridized carbons (Fsp3) is 0.182. The molecule has 0 saturated heterocycles. The first-order chi connectivity index (χ1) is 6.60. The van der Waals surface area contributed by atoms with Crippen molar-refractivity contribution in [3.8, 4) is 6.07 Å². The highest BCUT2D eigenvalue weighted by Gasteiger charge is 2.11. The first-order valence-electron chi connectivity index (χ1n) is 4.11. The molecule has 0 saturated carbocycles. The number of ketones is 1. The molecule has 1 aromatic carbocycles. The average molecular weight is 187 g/mol. The normalized spacial score (nSPS) is 9.21. The molecule has 0 aliphatic rings. The first kappa shape index (κ1) is 10.1. The predicted octanol–water partition coefficient (Wildman–Crippen LogP) is 1.88. The number of nitrogens with zero attached hydrogens (tertiary/aromatic N) is 1. The topological polar surface area (TPSA) is 57.9 Å². The van der Waals surface area contributed by atoms with Crippen LogP contribution in [0.25, 0.3) is 0 Å². The molecule has 0 amide bonds. The number of hydrogen-bond acceptors (Lipinski definition) is 3. The Kier molecular flexibility index (Phi) is 2.78. The number of benzene rings is 1. The van der Waals surface area contributed by atoms with E-state index in [-0.39, 0.29) is 11.3 Å². The van der Waals surface area contributed by atoms with Gasteiger partial charge in [0.2, 0.25) is 0 Å². The summed E-state index contributed by atoms with van der Waals surface area (Å²) >= 11 is 0. The minimum absolute atomic E-state index is 0.156. The van der Waals surface area contributed by atoms with E-state index >= 15 is 0 Å². The van der Waals surface area contributed by atoms with Crippen molar-refractivity contribution in [2.75, 3.05) is 0 Å². The monoisotopic (exact) mass is 187 g/mol. The molecule has 14 heavy (non-hydrogen) atoms. The minimum Gasteiger partial charge on any atom is -0.298 e. The smallest absolute Gasteiger partial charge is 0.161 e. The van der Waals surface area contributed by atoms with Gasteiger partial charge in [-0.25, -0.2) is 0 Å². The first-order valence-corrected chi connectivity index (χ1v) is 4.11. The highest BCUT2D eigenvalue weighted by Crippen LogP contribution is 2.16. The molecule has 1 aromatic rings. The summed E-state index contributed by atoms with van der Waals surface area (Å²) in [6.07, 6.45) is 0.664. The number of aryl methyl sites for hydroxylation is 1. The van der Waals surface area contributed by atoms with Crippen LogP contribution in [0.5, 0.6) is 0 Å². The zero-order valence-corrected chi connectivity index (χ0v) is 8.00. The van der Waals surface area contributed by atoms with Gasteiger partial charge in [0.05, 0.1) is 11.6 Å². The van der Waals surface area contributed by atoms with Crippen LogP contribution < -0.4 is 0 Å². The largest absolute Gasteiger partial charge is 0.298 e. The molecular formula is C11H9NO2. The van der Waals surface area contributed by atoms with Crippen molar-refractivity contribution < 1.29 is 9.59 Å². The Labute approximate surface area is 82.0 Å². The molecule has 0 bridgehead atoms. The molecule has 0 fully saturated rings. The van der Waals surface area contributed by atoms with Gasteiger partial charge in [-0.05, 0) is 31.5 Å². The second-order valence-electron chi connectivity index (χ2n) is 3.05. The Balaban J connectivity index is 3.52. The van der Waals surface area contributed by atoms with E-state index in [0.29, 0.717) is 23.0 Å². The van der Waals surface area contributed by atoms with E-state index in [1.807, 2.05) is 6.07 Å². The molecule has 3 heteroatoms. The molecule has 0 aliphatic carbocycles. The number of Topliss-reactive ketones (excluding diaryl/α,β-unsaturated/α-hetero) is 1. The maximum Gasteiger partial charge on any atom is 0.161 e. The van der Waals surface area contributed by atoms with Gasteiger partial charge in [0.1, 0.15) is 6.29 Å². The van der Waals surface area contributed by atoms with Crippen LogP contribution in [-0.4, -0.2) is 12.1 Å².